The largest absolute Gasteiger partial charge is 0.494 e. The third kappa shape index (κ3) is 4.15. The topological polar surface area (TPSA) is 49.9 Å². The van der Waals surface area contributed by atoms with Crippen LogP contribution in [0.4, 0.5) is 0 Å². The van der Waals surface area contributed by atoms with Crippen molar-refractivity contribution in [2.24, 2.45) is 0 Å². The van der Waals surface area contributed by atoms with Gasteiger partial charge in [-0.25, -0.2) is 0 Å². The molecule has 0 unspecified atom stereocenters. The number of benzene rings is 2. The maximum absolute atomic E-state index is 12.9. The maximum Gasteiger partial charge on any atom is 0.259 e. The molecule has 1 heterocycles. The number of carbonyl (C=O) groups excluding carboxylic acids is 2. The smallest absolute Gasteiger partial charge is 0.259 e. The SMILES string of the molecule is COc1c(Cl)ccc(Cl)c1C(=O)N1CCN(C(=O)c2cccc(Cl)c2)CC1. The molecule has 1 aliphatic heterocycles. The summed E-state index contributed by atoms with van der Waals surface area (Å²) in [6.45, 7) is 1.60. The van der Waals surface area contributed by atoms with Gasteiger partial charge in [-0.2, -0.15) is 0 Å². The third-order valence-corrected chi connectivity index (χ3v) is 5.25. The molecule has 0 N–H and O–H groups in total. The van der Waals surface area contributed by atoms with E-state index >= 15 is 0 Å². The molecule has 0 atom stereocenters. The van der Waals surface area contributed by atoms with Crippen LogP contribution in [0.3, 0.4) is 0 Å². The van der Waals surface area contributed by atoms with Crippen LogP contribution in [0.5, 0.6) is 5.75 Å². The molecule has 0 spiro atoms. The highest BCUT2D eigenvalue weighted by atomic mass is 35.5. The van der Waals surface area contributed by atoms with E-state index in [0.29, 0.717) is 41.8 Å². The molecule has 0 bridgehead atoms. The monoisotopic (exact) mass is 426 g/mol. The van der Waals surface area contributed by atoms with E-state index < -0.39 is 0 Å². The Morgan fingerprint density at radius 3 is 2.07 bits per heavy atom. The van der Waals surface area contributed by atoms with Crippen LogP contribution in [0.25, 0.3) is 0 Å². The van der Waals surface area contributed by atoms with Gasteiger partial charge in [-0.1, -0.05) is 40.9 Å². The second kappa shape index (κ2) is 8.38. The van der Waals surface area contributed by atoms with E-state index in [-0.39, 0.29) is 28.1 Å². The van der Waals surface area contributed by atoms with Crippen molar-refractivity contribution < 1.29 is 14.3 Å². The predicted octanol–water partition coefficient (Wildman–Crippen LogP) is 4.25. The molecule has 1 aliphatic rings. The van der Waals surface area contributed by atoms with Gasteiger partial charge in [0.25, 0.3) is 11.8 Å². The second-order valence-electron chi connectivity index (χ2n) is 6.03. The van der Waals surface area contributed by atoms with Gasteiger partial charge >= 0.3 is 0 Å². The van der Waals surface area contributed by atoms with Gasteiger partial charge in [0.1, 0.15) is 5.56 Å². The lowest BCUT2D eigenvalue weighted by Gasteiger charge is -2.35. The first-order chi connectivity index (χ1) is 12.9. The lowest BCUT2D eigenvalue weighted by atomic mass is 10.1. The maximum atomic E-state index is 12.9. The lowest BCUT2D eigenvalue weighted by Crippen LogP contribution is -2.50. The molecule has 8 heteroatoms. The Hall–Kier alpha value is -1.95. The summed E-state index contributed by atoms with van der Waals surface area (Å²) in [5, 5.41) is 1.11. The van der Waals surface area contributed by atoms with E-state index in [0.717, 1.165) is 0 Å². The summed E-state index contributed by atoms with van der Waals surface area (Å²) >= 11 is 18.3. The van der Waals surface area contributed by atoms with Gasteiger partial charge in [-0.3, -0.25) is 9.59 Å². The van der Waals surface area contributed by atoms with Crippen molar-refractivity contribution in [3.63, 3.8) is 0 Å². The Kier molecular flexibility index (Phi) is 6.15. The number of carbonyl (C=O) groups is 2. The fourth-order valence-corrected chi connectivity index (χ4v) is 3.66. The standard InChI is InChI=1S/C19H17Cl3N2O3/c1-27-17-15(22)6-5-14(21)16(17)19(26)24-9-7-23(8-10-24)18(25)12-3-2-4-13(20)11-12/h2-6,11H,7-10H2,1H3. The molecular formula is C19H17Cl3N2O3. The van der Waals surface area contributed by atoms with Crippen LogP contribution >= 0.6 is 34.8 Å². The lowest BCUT2D eigenvalue weighted by molar-refractivity contribution is 0.0533. The minimum atomic E-state index is -0.269. The highest BCUT2D eigenvalue weighted by Gasteiger charge is 2.29. The molecule has 5 nitrogen and oxygen atoms in total. The van der Waals surface area contributed by atoms with Crippen molar-refractivity contribution in [3.8, 4) is 5.75 Å². The van der Waals surface area contributed by atoms with Crippen molar-refractivity contribution in [2.45, 2.75) is 0 Å². The third-order valence-electron chi connectivity index (χ3n) is 4.40. The molecule has 3 rings (SSSR count). The van der Waals surface area contributed by atoms with Gasteiger partial charge in [0.05, 0.1) is 17.2 Å². The highest BCUT2D eigenvalue weighted by Crippen LogP contribution is 2.34. The Balaban J connectivity index is 1.72. The minimum Gasteiger partial charge on any atom is -0.494 e. The molecule has 142 valence electrons. The van der Waals surface area contributed by atoms with E-state index in [9.17, 15) is 9.59 Å². The zero-order valence-corrected chi connectivity index (χ0v) is 16.8. The molecular weight excluding hydrogens is 411 g/mol. The highest BCUT2D eigenvalue weighted by molar-refractivity contribution is 6.37. The summed E-state index contributed by atoms with van der Waals surface area (Å²) < 4.78 is 5.26. The normalized spacial score (nSPS) is 14.2. The van der Waals surface area contributed by atoms with E-state index in [1.54, 1.807) is 46.2 Å². The molecule has 1 saturated heterocycles. The molecule has 2 aromatic carbocycles. The molecule has 0 aromatic heterocycles. The van der Waals surface area contributed by atoms with Crippen molar-refractivity contribution >= 4 is 46.6 Å². The van der Waals surface area contributed by atoms with E-state index in [1.807, 2.05) is 0 Å². The van der Waals surface area contributed by atoms with E-state index in [2.05, 4.69) is 0 Å². The summed E-state index contributed by atoms with van der Waals surface area (Å²) in [4.78, 5) is 28.9. The fourth-order valence-electron chi connectivity index (χ4n) is 3.01. The summed E-state index contributed by atoms with van der Waals surface area (Å²) in [5.41, 5.74) is 0.767. The molecule has 0 radical (unpaired) electrons. The Morgan fingerprint density at radius 1 is 0.889 bits per heavy atom. The van der Waals surface area contributed by atoms with Crippen LogP contribution in [-0.4, -0.2) is 54.9 Å². The van der Waals surface area contributed by atoms with Gasteiger partial charge in [0, 0.05) is 36.8 Å². The molecule has 2 aromatic rings. The Bertz CT molecular complexity index is 880. The van der Waals surface area contributed by atoms with Crippen LogP contribution < -0.4 is 4.74 Å². The number of ether oxygens (including phenoxy) is 1. The number of methoxy groups -OCH3 is 1. The summed E-state index contributed by atoms with van der Waals surface area (Å²) in [6, 6.07) is 9.97. The van der Waals surface area contributed by atoms with Gasteiger partial charge in [-0.05, 0) is 30.3 Å². The van der Waals surface area contributed by atoms with Crippen LogP contribution in [0, 0.1) is 0 Å². The molecule has 2 amide bonds. The molecule has 1 fully saturated rings. The van der Waals surface area contributed by atoms with Crippen molar-refractivity contribution in [2.75, 3.05) is 33.3 Å². The quantitative estimate of drug-likeness (QED) is 0.735. The van der Waals surface area contributed by atoms with Crippen LogP contribution in [-0.2, 0) is 0 Å². The minimum absolute atomic E-state index is 0.108. The predicted molar refractivity (Wildman–Crippen MR) is 106 cm³/mol. The van der Waals surface area contributed by atoms with Gasteiger partial charge in [0.15, 0.2) is 5.75 Å². The Labute approximate surface area is 172 Å². The molecule has 0 saturated carbocycles. The van der Waals surface area contributed by atoms with E-state index in [4.69, 9.17) is 39.5 Å². The second-order valence-corrected chi connectivity index (χ2v) is 7.28. The van der Waals surface area contributed by atoms with Gasteiger partial charge in [-0.15, -0.1) is 0 Å². The average Bonchev–Trinajstić information content (AvgIpc) is 2.68. The van der Waals surface area contributed by atoms with Crippen molar-refractivity contribution in [3.05, 3.63) is 62.6 Å². The zero-order valence-electron chi connectivity index (χ0n) is 14.5. The van der Waals surface area contributed by atoms with E-state index in [1.165, 1.54) is 7.11 Å². The van der Waals surface area contributed by atoms with Crippen molar-refractivity contribution in [1.82, 2.24) is 9.80 Å². The van der Waals surface area contributed by atoms with Crippen LogP contribution in [0.2, 0.25) is 15.1 Å². The van der Waals surface area contributed by atoms with Crippen LogP contribution in [0.15, 0.2) is 36.4 Å². The molecule has 0 aliphatic carbocycles. The summed E-state index contributed by atoms with van der Waals surface area (Å²) in [6.07, 6.45) is 0. The zero-order chi connectivity index (χ0) is 19.6. The number of piperazine rings is 1. The number of halogens is 3. The number of hydrogen-bond acceptors (Lipinski definition) is 3. The number of rotatable bonds is 3. The van der Waals surface area contributed by atoms with Crippen molar-refractivity contribution in [1.29, 1.82) is 0 Å². The first kappa shape index (κ1) is 19.8. The fraction of sp³-hybridized carbons (Fsp3) is 0.263. The Morgan fingerprint density at radius 2 is 1.48 bits per heavy atom. The van der Waals surface area contributed by atoms with Gasteiger partial charge in [0.2, 0.25) is 0 Å². The first-order valence-electron chi connectivity index (χ1n) is 8.28. The number of amides is 2. The first-order valence-corrected chi connectivity index (χ1v) is 9.42. The number of hydrogen-bond donors (Lipinski definition) is 0. The van der Waals surface area contributed by atoms with Gasteiger partial charge < -0.3 is 14.5 Å². The van der Waals surface area contributed by atoms with Crippen LogP contribution in [0.1, 0.15) is 20.7 Å². The average molecular weight is 428 g/mol. The summed E-state index contributed by atoms with van der Waals surface area (Å²) in [7, 11) is 1.44. The molecule has 27 heavy (non-hydrogen) atoms. The number of nitrogens with zero attached hydrogens (tertiary/aromatic N) is 2. The summed E-state index contributed by atoms with van der Waals surface area (Å²) in [5.74, 6) is -0.122.